The van der Waals surface area contributed by atoms with E-state index in [4.69, 9.17) is 21.4 Å². The van der Waals surface area contributed by atoms with Crippen molar-refractivity contribution in [2.75, 3.05) is 23.8 Å². The minimum absolute atomic E-state index is 0.0351. The largest absolute Gasteiger partial charge is 0.479 e. The van der Waals surface area contributed by atoms with Crippen LogP contribution in [0.15, 0.2) is 46.3 Å². The SMILES string of the molecule is Nc1ccc[n+](CC2=C(C(=O)O)N3C(=O)C(NC(=O)C(=NOCC(=O)O)c4csc(N)n4)[C@H]3SC2)c1. The smallest absolute Gasteiger partial charge is 0.352 e. The molecule has 0 saturated carbocycles. The number of rotatable bonds is 9. The molecule has 2 aromatic rings. The monoisotopic (exact) mass is 534 g/mol. The summed E-state index contributed by atoms with van der Waals surface area (Å²) in [7, 11) is 0. The van der Waals surface area contributed by atoms with Crippen molar-refractivity contribution in [3.05, 3.63) is 46.9 Å². The van der Waals surface area contributed by atoms with Crippen LogP contribution in [0.4, 0.5) is 10.8 Å². The van der Waals surface area contributed by atoms with E-state index in [1.807, 2.05) is 0 Å². The zero-order valence-electron chi connectivity index (χ0n) is 18.4. The molecule has 2 aromatic heterocycles. The Morgan fingerprint density at radius 2 is 2.11 bits per heavy atom. The molecule has 0 radical (unpaired) electrons. The predicted octanol–water partition coefficient (Wildman–Crippen LogP) is -1.16. The lowest BCUT2D eigenvalue weighted by atomic mass is 10.0. The van der Waals surface area contributed by atoms with Crippen LogP contribution >= 0.6 is 23.1 Å². The molecule has 2 amide bonds. The number of fused-ring (bicyclic) bond motifs is 1. The fraction of sp³-hybridized carbons (Fsp3) is 0.250. The van der Waals surface area contributed by atoms with E-state index in [2.05, 4.69) is 15.5 Å². The van der Waals surface area contributed by atoms with Crippen molar-refractivity contribution in [2.24, 2.45) is 5.16 Å². The van der Waals surface area contributed by atoms with Gasteiger partial charge in [-0.15, -0.1) is 23.1 Å². The number of carbonyl (C=O) groups excluding carboxylic acids is 2. The Hall–Kier alpha value is -4.18. The molecule has 36 heavy (non-hydrogen) atoms. The zero-order chi connectivity index (χ0) is 26.0. The standard InChI is InChI=1S/C20H19N7O7S2/c21-10-2-1-3-26(5-10)4-9-7-35-18-14(17(31)27(18)15(9)19(32)33)24-16(30)13(25-34-6-12(28)29)11-8-36-20(22)23-11/h1-3,5,8,14,18H,4,6-7,21H2,(H4-,22,23,24,28,29,30,32,33)/p+1/t14?,18-/m1/s1. The third kappa shape index (κ3) is 5.08. The van der Waals surface area contributed by atoms with Gasteiger partial charge < -0.3 is 31.8 Å². The maximum Gasteiger partial charge on any atom is 0.352 e. The second-order valence-electron chi connectivity index (χ2n) is 7.61. The Labute approximate surface area is 211 Å². The number of β-lactam (4-membered cyclic amide) rings is 1. The minimum Gasteiger partial charge on any atom is -0.479 e. The maximum atomic E-state index is 13.0. The Balaban J connectivity index is 1.53. The highest BCUT2D eigenvalue weighted by Gasteiger charge is 2.54. The number of nitrogen functional groups attached to an aromatic ring is 2. The normalized spacial score (nSPS) is 19.4. The van der Waals surface area contributed by atoms with E-state index in [-0.39, 0.29) is 28.8 Å². The Kier molecular flexibility index (Phi) is 7.07. The van der Waals surface area contributed by atoms with E-state index in [9.17, 15) is 24.3 Å². The first kappa shape index (κ1) is 24.9. The molecule has 2 atom stereocenters. The molecule has 4 rings (SSSR count). The van der Waals surface area contributed by atoms with Gasteiger partial charge in [0.25, 0.3) is 11.8 Å². The molecule has 14 nitrogen and oxygen atoms in total. The van der Waals surface area contributed by atoms with Crippen LogP contribution < -0.4 is 21.4 Å². The van der Waals surface area contributed by atoms with Crippen molar-refractivity contribution in [1.82, 2.24) is 15.2 Å². The van der Waals surface area contributed by atoms with Crippen LogP contribution in [-0.2, 0) is 30.6 Å². The molecule has 2 aliphatic heterocycles. The van der Waals surface area contributed by atoms with Crippen molar-refractivity contribution in [2.45, 2.75) is 18.0 Å². The van der Waals surface area contributed by atoms with Crippen molar-refractivity contribution in [3.63, 3.8) is 0 Å². The number of carbonyl (C=O) groups is 4. The summed E-state index contributed by atoms with van der Waals surface area (Å²) < 4.78 is 1.72. The number of thioether (sulfide) groups is 1. The van der Waals surface area contributed by atoms with Crippen molar-refractivity contribution in [1.29, 1.82) is 0 Å². The Bertz CT molecular complexity index is 1310. The van der Waals surface area contributed by atoms with E-state index in [1.165, 1.54) is 17.1 Å². The molecule has 2 aliphatic rings. The minimum atomic E-state index is -1.31. The number of amides is 2. The molecular formula is C20H20N7O7S2+. The Morgan fingerprint density at radius 3 is 2.75 bits per heavy atom. The fourth-order valence-corrected chi connectivity index (χ4v) is 5.51. The van der Waals surface area contributed by atoms with Gasteiger partial charge in [0.1, 0.15) is 22.8 Å². The second kappa shape index (κ2) is 10.2. The number of aromatic nitrogens is 2. The molecule has 0 spiro atoms. The fourth-order valence-electron chi connectivity index (χ4n) is 3.63. The van der Waals surface area contributed by atoms with Crippen LogP contribution in [0.3, 0.4) is 0 Å². The molecule has 0 aliphatic carbocycles. The first-order valence-electron chi connectivity index (χ1n) is 10.2. The predicted molar refractivity (Wildman–Crippen MR) is 127 cm³/mol. The van der Waals surface area contributed by atoms with Crippen LogP contribution in [0, 0.1) is 0 Å². The highest BCUT2D eigenvalue weighted by Crippen LogP contribution is 2.40. The summed E-state index contributed by atoms with van der Waals surface area (Å²) in [6.45, 7) is -0.582. The van der Waals surface area contributed by atoms with Crippen LogP contribution in [0.2, 0.25) is 0 Å². The quantitative estimate of drug-likeness (QED) is 0.112. The third-order valence-electron chi connectivity index (χ3n) is 5.11. The van der Waals surface area contributed by atoms with Crippen molar-refractivity contribution < 1.29 is 38.8 Å². The van der Waals surface area contributed by atoms with Gasteiger partial charge in [-0.05, 0) is 6.07 Å². The molecule has 7 N–H and O–H groups in total. The maximum absolute atomic E-state index is 13.0. The number of anilines is 2. The molecule has 1 saturated heterocycles. The van der Waals surface area contributed by atoms with E-state index in [1.54, 1.807) is 29.1 Å². The summed E-state index contributed by atoms with van der Waals surface area (Å²) in [6, 6.07) is 2.38. The van der Waals surface area contributed by atoms with Gasteiger partial charge in [-0.3, -0.25) is 14.5 Å². The summed E-state index contributed by atoms with van der Waals surface area (Å²) in [5, 5.41) is 25.6. The summed E-state index contributed by atoms with van der Waals surface area (Å²) in [5.41, 5.74) is 11.9. The number of hydrogen-bond donors (Lipinski definition) is 5. The van der Waals surface area contributed by atoms with Crippen LogP contribution in [0.5, 0.6) is 0 Å². The highest BCUT2D eigenvalue weighted by molar-refractivity contribution is 8.00. The van der Waals surface area contributed by atoms with E-state index < -0.39 is 41.8 Å². The molecule has 1 fully saturated rings. The van der Waals surface area contributed by atoms with Crippen LogP contribution in [-0.4, -0.2) is 73.3 Å². The van der Waals surface area contributed by atoms with Gasteiger partial charge in [0, 0.05) is 22.8 Å². The summed E-state index contributed by atoms with van der Waals surface area (Å²) >= 11 is 2.32. The topological polar surface area (TPSA) is 214 Å². The molecule has 188 valence electrons. The number of nitrogens with zero attached hydrogens (tertiary/aromatic N) is 4. The average molecular weight is 535 g/mol. The van der Waals surface area contributed by atoms with Gasteiger partial charge in [0.2, 0.25) is 6.61 Å². The number of carboxylic acid groups (broad SMARTS) is 2. The van der Waals surface area contributed by atoms with E-state index >= 15 is 0 Å². The lowest BCUT2D eigenvalue weighted by Crippen LogP contribution is -2.71. The number of nitrogens with two attached hydrogens (primary N) is 2. The summed E-state index contributed by atoms with van der Waals surface area (Å²) in [4.78, 5) is 58.5. The van der Waals surface area contributed by atoms with Gasteiger partial charge in [0.15, 0.2) is 29.8 Å². The van der Waals surface area contributed by atoms with E-state index in [0.29, 0.717) is 17.0 Å². The van der Waals surface area contributed by atoms with Crippen LogP contribution in [0.25, 0.3) is 0 Å². The number of hydrogen-bond acceptors (Lipinski definition) is 11. The molecule has 0 bridgehead atoms. The van der Waals surface area contributed by atoms with Gasteiger partial charge in [-0.25, -0.2) is 14.6 Å². The number of thiazole rings is 1. The van der Waals surface area contributed by atoms with Gasteiger partial charge in [-0.2, -0.15) is 4.57 Å². The first-order chi connectivity index (χ1) is 17.2. The number of pyridine rings is 1. The Morgan fingerprint density at radius 1 is 1.33 bits per heavy atom. The molecule has 1 unspecified atom stereocenters. The summed E-state index contributed by atoms with van der Waals surface area (Å²) in [6.07, 6.45) is 3.39. The first-order valence-corrected chi connectivity index (χ1v) is 12.2. The third-order valence-corrected chi connectivity index (χ3v) is 7.13. The number of oxime groups is 1. The lowest BCUT2D eigenvalue weighted by Gasteiger charge is -2.49. The van der Waals surface area contributed by atoms with E-state index in [0.717, 1.165) is 16.2 Å². The molecule has 16 heteroatoms. The van der Waals surface area contributed by atoms with Crippen molar-refractivity contribution >= 4 is 63.4 Å². The average Bonchev–Trinajstić information content (AvgIpc) is 3.25. The number of nitrogens with one attached hydrogen (secondary N) is 1. The lowest BCUT2D eigenvalue weighted by molar-refractivity contribution is -0.688. The summed E-state index contributed by atoms with van der Waals surface area (Å²) in [5.74, 6) is -3.74. The van der Waals surface area contributed by atoms with Gasteiger partial charge in [-0.1, -0.05) is 5.16 Å². The molecule has 0 aromatic carbocycles. The second-order valence-corrected chi connectivity index (χ2v) is 9.60. The number of aliphatic carboxylic acids is 2. The van der Waals surface area contributed by atoms with Gasteiger partial charge >= 0.3 is 11.9 Å². The van der Waals surface area contributed by atoms with Crippen LogP contribution in [0.1, 0.15) is 5.69 Å². The van der Waals surface area contributed by atoms with Crippen molar-refractivity contribution in [3.8, 4) is 0 Å². The molecular weight excluding hydrogens is 514 g/mol. The number of carboxylic acids is 2. The zero-order valence-corrected chi connectivity index (χ0v) is 20.0. The van der Waals surface area contributed by atoms with Gasteiger partial charge in [0.05, 0.1) is 5.69 Å². The highest BCUT2D eigenvalue weighted by atomic mass is 32.2. The molecule has 4 heterocycles.